The molecule has 2 aromatic heterocycles. The summed E-state index contributed by atoms with van der Waals surface area (Å²) in [5.74, 6) is 1.42. The minimum absolute atomic E-state index is 0. The second kappa shape index (κ2) is 6.66. The highest BCUT2D eigenvalue weighted by atomic mass is 35.5. The number of nitrogens with one attached hydrogen (secondary N) is 1. The van der Waals surface area contributed by atoms with Crippen molar-refractivity contribution in [3.05, 3.63) is 23.4 Å². The third kappa shape index (κ3) is 3.20. The van der Waals surface area contributed by atoms with Gasteiger partial charge in [-0.1, -0.05) is 11.2 Å². The molecular weight excluding hydrogens is 320 g/mol. The Bertz CT molecular complexity index is 590. The maximum Gasteiger partial charge on any atom is 0.241 e. The van der Waals surface area contributed by atoms with Crippen LogP contribution in [-0.4, -0.2) is 40.2 Å². The largest absolute Gasteiger partial charge is 0.338 e. The smallest absolute Gasteiger partial charge is 0.241 e. The van der Waals surface area contributed by atoms with E-state index in [1.54, 1.807) is 11.3 Å². The number of hydrogen-bond donors (Lipinski definition) is 1. The first-order valence-electron chi connectivity index (χ1n) is 7.60. The summed E-state index contributed by atoms with van der Waals surface area (Å²) in [7, 11) is 2.17. The van der Waals surface area contributed by atoms with Gasteiger partial charge in [0.1, 0.15) is 0 Å². The van der Waals surface area contributed by atoms with Gasteiger partial charge in [0.15, 0.2) is 0 Å². The van der Waals surface area contributed by atoms with Crippen molar-refractivity contribution in [1.82, 2.24) is 20.4 Å². The summed E-state index contributed by atoms with van der Waals surface area (Å²) in [6.45, 7) is 0.739. The Morgan fingerprint density at radius 1 is 1.36 bits per heavy atom. The predicted molar refractivity (Wildman–Crippen MR) is 89.3 cm³/mol. The second-order valence-electron chi connectivity index (χ2n) is 6.17. The van der Waals surface area contributed by atoms with Crippen LogP contribution in [0, 0.1) is 0 Å². The number of hydrogen-bond acceptors (Lipinski definition) is 6. The molecule has 2 atom stereocenters. The highest BCUT2D eigenvalue weighted by molar-refractivity contribution is 7.13. The minimum atomic E-state index is 0. The number of nitrogens with zero attached hydrogens (tertiary/aromatic N) is 3. The monoisotopic (exact) mass is 340 g/mol. The molecule has 7 heteroatoms. The molecule has 0 radical (unpaired) electrons. The summed E-state index contributed by atoms with van der Waals surface area (Å²) in [6.07, 6.45) is 5.13. The van der Waals surface area contributed by atoms with Crippen LogP contribution in [0.3, 0.4) is 0 Å². The Kier molecular flexibility index (Phi) is 4.82. The van der Waals surface area contributed by atoms with E-state index < -0.39 is 0 Å². The van der Waals surface area contributed by atoms with Gasteiger partial charge in [-0.15, -0.1) is 23.7 Å². The van der Waals surface area contributed by atoms with Gasteiger partial charge in [-0.2, -0.15) is 4.98 Å². The fourth-order valence-corrected chi connectivity index (χ4v) is 4.20. The van der Waals surface area contributed by atoms with Crippen molar-refractivity contribution in [2.45, 2.75) is 50.4 Å². The van der Waals surface area contributed by atoms with Crippen molar-refractivity contribution in [2.75, 3.05) is 7.05 Å². The van der Waals surface area contributed by atoms with Crippen molar-refractivity contribution in [3.63, 3.8) is 0 Å². The van der Waals surface area contributed by atoms with Gasteiger partial charge in [-0.25, -0.2) is 0 Å². The SMILES string of the molecule is CN(Cc1nc(-c2cccs2)no1)C1CC2CCC(C1)N2.Cl. The summed E-state index contributed by atoms with van der Waals surface area (Å²) in [6, 6.07) is 6.07. The molecule has 2 bridgehead atoms. The maximum absolute atomic E-state index is 5.41. The molecule has 4 heterocycles. The van der Waals surface area contributed by atoms with Gasteiger partial charge in [0, 0.05) is 18.1 Å². The molecule has 0 amide bonds. The minimum Gasteiger partial charge on any atom is -0.338 e. The third-order valence-electron chi connectivity index (χ3n) is 4.67. The zero-order chi connectivity index (χ0) is 14.2. The predicted octanol–water partition coefficient (Wildman–Crippen LogP) is 2.93. The van der Waals surface area contributed by atoms with E-state index >= 15 is 0 Å². The summed E-state index contributed by atoms with van der Waals surface area (Å²) < 4.78 is 5.41. The molecule has 0 aliphatic carbocycles. The molecule has 2 unspecified atom stereocenters. The third-order valence-corrected chi connectivity index (χ3v) is 5.53. The molecule has 5 nitrogen and oxygen atoms in total. The summed E-state index contributed by atoms with van der Waals surface area (Å²) in [5.41, 5.74) is 0. The van der Waals surface area contributed by atoms with Crippen molar-refractivity contribution in [1.29, 1.82) is 0 Å². The van der Waals surface area contributed by atoms with E-state index in [1.165, 1.54) is 25.7 Å². The molecule has 120 valence electrons. The number of halogens is 1. The van der Waals surface area contributed by atoms with E-state index in [0.717, 1.165) is 11.4 Å². The zero-order valence-corrected chi connectivity index (χ0v) is 14.2. The lowest BCUT2D eigenvalue weighted by Gasteiger charge is -2.34. The average molecular weight is 341 g/mol. The van der Waals surface area contributed by atoms with Crippen LogP contribution < -0.4 is 5.32 Å². The van der Waals surface area contributed by atoms with E-state index in [-0.39, 0.29) is 12.4 Å². The van der Waals surface area contributed by atoms with Gasteiger partial charge in [-0.3, -0.25) is 4.90 Å². The Morgan fingerprint density at radius 3 is 2.82 bits per heavy atom. The Hall–Kier alpha value is -0.950. The molecule has 0 saturated carbocycles. The van der Waals surface area contributed by atoms with Gasteiger partial charge < -0.3 is 9.84 Å². The van der Waals surface area contributed by atoms with Gasteiger partial charge in [0.25, 0.3) is 0 Å². The lowest BCUT2D eigenvalue weighted by molar-refractivity contribution is 0.150. The van der Waals surface area contributed by atoms with Crippen LogP contribution in [-0.2, 0) is 6.54 Å². The first-order valence-corrected chi connectivity index (χ1v) is 8.48. The zero-order valence-electron chi connectivity index (χ0n) is 12.6. The Labute approximate surface area is 140 Å². The standard InChI is InChI=1S/C15H20N4OS.ClH/c1-19(12-7-10-4-5-11(8-12)16-10)9-14-17-15(18-20-14)13-3-2-6-21-13;/h2-3,6,10-12,16H,4-5,7-9H2,1H3;1H. The topological polar surface area (TPSA) is 54.2 Å². The number of aromatic nitrogens is 2. The van der Waals surface area contributed by atoms with E-state index in [0.29, 0.717) is 29.8 Å². The van der Waals surface area contributed by atoms with E-state index in [1.807, 2.05) is 17.5 Å². The molecular formula is C15H21ClN4OS. The maximum atomic E-state index is 5.41. The molecule has 2 fully saturated rings. The van der Waals surface area contributed by atoms with Crippen LogP contribution in [0.25, 0.3) is 10.7 Å². The van der Waals surface area contributed by atoms with Crippen molar-refractivity contribution >= 4 is 23.7 Å². The number of thiophene rings is 1. The number of fused-ring (bicyclic) bond motifs is 2. The summed E-state index contributed by atoms with van der Waals surface area (Å²) in [5, 5.41) is 9.80. The fourth-order valence-electron chi connectivity index (χ4n) is 3.55. The average Bonchev–Trinajstić information content (AvgIpc) is 3.20. The van der Waals surface area contributed by atoms with Crippen LogP contribution in [0.4, 0.5) is 0 Å². The summed E-state index contributed by atoms with van der Waals surface area (Å²) in [4.78, 5) is 7.95. The van der Waals surface area contributed by atoms with Crippen LogP contribution in [0.15, 0.2) is 22.0 Å². The molecule has 2 aliphatic rings. The van der Waals surface area contributed by atoms with Gasteiger partial charge in [-0.05, 0) is 44.2 Å². The molecule has 4 rings (SSSR count). The summed E-state index contributed by atoms with van der Waals surface area (Å²) >= 11 is 1.64. The molecule has 22 heavy (non-hydrogen) atoms. The van der Waals surface area contributed by atoms with Crippen LogP contribution >= 0.6 is 23.7 Å². The van der Waals surface area contributed by atoms with Crippen molar-refractivity contribution in [2.24, 2.45) is 0 Å². The van der Waals surface area contributed by atoms with Gasteiger partial charge in [0.2, 0.25) is 11.7 Å². The van der Waals surface area contributed by atoms with E-state index in [9.17, 15) is 0 Å². The van der Waals surface area contributed by atoms with E-state index in [2.05, 4.69) is 27.4 Å². The van der Waals surface area contributed by atoms with Crippen molar-refractivity contribution in [3.8, 4) is 10.7 Å². The molecule has 1 N–H and O–H groups in total. The molecule has 0 spiro atoms. The van der Waals surface area contributed by atoms with Crippen molar-refractivity contribution < 1.29 is 4.52 Å². The lowest BCUT2D eigenvalue weighted by atomic mass is 9.98. The molecule has 0 aromatic carbocycles. The fraction of sp³-hybridized carbons (Fsp3) is 0.600. The highest BCUT2D eigenvalue weighted by Crippen LogP contribution is 2.30. The molecule has 2 aliphatic heterocycles. The van der Waals surface area contributed by atoms with Gasteiger partial charge in [0.05, 0.1) is 11.4 Å². The van der Waals surface area contributed by atoms with E-state index in [4.69, 9.17) is 4.52 Å². The first kappa shape index (κ1) is 15.9. The lowest BCUT2D eigenvalue weighted by Crippen LogP contribution is -2.46. The van der Waals surface area contributed by atoms with Gasteiger partial charge >= 0.3 is 0 Å². The van der Waals surface area contributed by atoms with Crippen LogP contribution in [0.1, 0.15) is 31.6 Å². The Balaban J connectivity index is 0.00000144. The second-order valence-corrected chi connectivity index (χ2v) is 7.11. The normalized spacial score (nSPS) is 27.1. The highest BCUT2D eigenvalue weighted by Gasteiger charge is 2.35. The Morgan fingerprint density at radius 2 is 2.14 bits per heavy atom. The molecule has 2 aromatic rings. The molecule has 2 saturated heterocycles. The van der Waals surface area contributed by atoms with Crippen LogP contribution in [0.2, 0.25) is 0 Å². The quantitative estimate of drug-likeness (QED) is 0.927. The van der Waals surface area contributed by atoms with Crippen LogP contribution in [0.5, 0.6) is 0 Å². The first-order chi connectivity index (χ1) is 10.3. The number of rotatable bonds is 4. The number of piperidine rings is 1.